The molecular weight excluding hydrogens is 112 g/mol. The SMILES string of the molecule is CCC(C)C(O)C(C)C. The Labute approximate surface area is 58.1 Å². The minimum atomic E-state index is -0.116. The van der Waals surface area contributed by atoms with Gasteiger partial charge in [0.25, 0.3) is 0 Å². The average Bonchev–Trinajstić information content (AvgIpc) is 1.84. The maximum atomic E-state index is 9.39. The summed E-state index contributed by atoms with van der Waals surface area (Å²) in [5.41, 5.74) is 0. The van der Waals surface area contributed by atoms with Gasteiger partial charge in [0.1, 0.15) is 0 Å². The van der Waals surface area contributed by atoms with Crippen LogP contribution >= 0.6 is 0 Å². The molecule has 0 saturated carbocycles. The first-order valence-corrected chi connectivity index (χ1v) is 3.77. The first-order chi connectivity index (χ1) is 4.09. The summed E-state index contributed by atoms with van der Waals surface area (Å²) in [6, 6.07) is 0. The van der Waals surface area contributed by atoms with Gasteiger partial charge >= 0.3 is 0 Å². The molecule has 0 heterocycles. The van der Waals surface area contributed by atoms with Gasteiger partial charge in [-0.05, 0) is 11.8 Å². The summed E-state index contributed by atoms with van der Waals surface area (Å²) in [6.45, 7) is 8.30. The predicted octanol–water partition coefficient (Wildman–Crippen LogP) is 2.05. The fourth-order valence-corrected chi connectivity index (χ4v) is 0.899. The van der Waals surface area contributed by atoms with Gasteiger partial charge in [-0.25, -0.2) is 0 Å². The lowest BCUT2D eigenvalue weighted by Gasteiger charge is -2.20. The van der Waals surface area contributed by atoms with Crippen molar-refractivity contribution in [3.63, 3.8) is 0 Å². The Morgan fingerprint density at radius 2 is 1.67 bits per heavy atom. The monoisotopic (exact) mass is 130 g/mol. The second-order valence-corrected chi connectivity index (χ2v) is 3.12. The number of rotatable bonds is 3. The minimum absolute atomic E-state index is 0.116. The molecule has 0 aromatic rings. The maximum absolute atomic E-state index is 9.39. The molecule has 2 unspecified atom stereocenters. The van der Waals surface area contributed by atoms with Crippen LogP contribution in [0.1, 0.15) is 34.1 Å². The fourth-order valence-electron chi connectivity index (χ4n) is 0.899. The van der Waals surface area contributed by atoms with E-state index >= 15 is 0 Å². The predicted molar refractivity (Wildman–Crippen MR) is 40.3 cm³/mol. The van der Waals surface area contributed by atoms with Crippen LogP contribution in [0.2, 0.25) is 0 Å². The summed E-state index contributed by atoms with van der Waals surface area (Å²) in [6.07, 6.45) is 0.953. The van der Waals surface area contributed by atoms with Crippen molar-refractivity contribution in [2.45, 2.75) is 40.2 Å². The molecule has 1 nitrogen and oxygen atoms in total. The van der Waals surface area contributed by atoms with Gasteiger partial charge in [0.15, 0.2) is 0 Å². The summed E-state index contributed by atoms with van der Waals surface area (Å²) in [5, 5.41) is 9.39. The van der Waals surface area contributed by atoms with Gasteiger partial charge in [-0.1, -0.05) is 34.1 Å². The third kappa shape index (κ3) is 2.85. The third-order valence-corrected chi connectivity index (χ3v) is 1.91. The quantitative estimate of drug-likeness (QED) is 0.620. The van der Waals surface area contributed by atoms with Crippen molar-refractivity contribution in [2.75, 3.05) is 0 Å². The molecule has 0 amide bonds. The molecule has 0 aliphatic carbocycles. The lowest BCUT2D eigenvalue weighted by molar-refractivity contribution is 0.0707. The zero-order chi connectivity index (χ0) is 7.44. The summed E-state index contributed by atoms with van der Waals surface area (Å²) in [5.74, 6) is 0.852. The Morgan fingerprint density at radius 1 is 1.22 bits per heavy atom. The van der Waals surface area contributed by atoms with E-state index in [1.807, 2.05) is 0 Å². The smallest absolute Gasteiger partial charge is 0.0588 e. The first-order valence-electron chi connectivity index (χ1n) is 3.77. The van der Waals surface area contributed by atoms with E-state index in [1.165, 1.54) is 0 Å². The van der Waals surface area contributed by atoms with E-state index in [4.69, 9.17) is 0 Å². The molecule has 0 radical (unpaired) electrons. The van der Waals surface area contributed by atoms with Gasteiger partial charge in [-0.2, -0.15) is 0 Å². The van der Waals surface area contributed by atoms with E-state index in [-0.39, 0.29) is 6.10 Å². The van der Waals surface area contributed by atoms with Crippen LogP contribution in [0.15, 0.2) is 0 Å². The maximum Gasteiger partial charge on any atom is 0.0588 e. The molecule has 0 aliphatic heterocycles. The zero-order valence-electron chi connectivity index (χ0n) is 6.89. The Bertz CT molecular complexity index is 69.0. The van der Waals surface area contributed by atoms with E-state index in [9.17, 15) is 5.11 Å². The van der Waals surface area contributed by atoms with Gasteiger partial charge in [-0.15, -0.1) is 0 Å². The van der Waals surface area contributed by atoms with Crippen LogP contribution < -0.4 is 0 Å². The molecule has 0 fully saturated rings. The van der Waals surface area contributed by atoms with Crippen molar-refractivity contribution in [3.05, 3.63) is 0 Å². The average molecular weight is 130 g/mol. The molecule has 0 saturated heterocycles. The molecule has 2 atom stereocenters. The molecule has 0 spiro atoms. The van der Waals surface area contributed by atoms with Crippen molar-refractivity contribution in [2.24, 2.45) is 11.8 Å². The molecule has 0 aromatic carbocycles. The number of hydrogen-bond donors (Lipinski definition) is 1. The van der Waals surface area contributed by atoms with E-state index in [0.29, 0.717) is 11.8 Å². The number of aliphatic hydroxyl groups excluding tert-OH is 1. The van der Waals surface area contributed by atoms with Crippen LogP contribution in [0.25, 0.3) is 0 Å². The molecule has 1 N–H and O–H groups in total. The lowest BCUT2D eigenvalue weighted by atomic mass is 9.93. The highest BCUT2D eigenvalue weighted by Gasteiger charge is 2.14. The molecule has 0 bridgehead atoms. The van der Waals surface area contributed by atoms with Crippen LogP contribution in [0, 0.1) is 11.8 Å². The highest BCUT2D eigenvalue weighted by Crippen LogP contribution is 2.14. The molecule has 9 heavy (non-hydrogen) atoms. The highest BCUT2D eigenvalue weighted by atomic mass is 16.3. The summed E-state index contributed by atoms with van der Waals surface area (Å²) < 4.78 is 0. The van der Waals surface area contributed by atoms with Crippen LogP contribution in [0.3, 0.4) is 0 Å². The standard InChI is InChI=1S/C8H18O/c1-5-7(4)8(9)6(2)3/h6-9H,5H2,1-4H3. The molecule has 1 heteroatoms. The summed E-state index contributed by atoms with van der Waals surface area (Å²) in [4.78, 5) is 0. The topological polar surface area (TPSA) is 20.2 Å². The van der Waals surface area contributed by atoms with Crippen molar-refractivity contribution in [3.8, 4) is 0 Å². The second-order valence-electron chi connectivity index (χ2n) is 3.12. The summed E-state index contributed by atoms with van der Waals surface area (Å²) in [7, 11) is 0. The van der Waals surface area contributed by atoms with E-state index < -0.39 is 0 Å². The van der Waals surface area contributed by atoms with Crippen molar-refractivity contribution < 1.29 is 5.11 Å². The lowest BCUT2D eigenvalue weighted by Crippen LogP contribution is -2.22. The zero-order valence-corrected chi connectivity index (χ0v) is 6.89. The van der Waals surface area contributed by atoms with Gasteiger partial charge in [0.2, 0.25) is 0 Å². The van der Waals surface area contributed by atoms with Gasteiger partial charge in [0.05, 0.1) is 6.10 Å². The van der Waals surface area contributed by atoms with Crippen molar-refractivity contribution in [1.82, 2.24) is 0 Å². The Kier molecular flexibility index (Phi) is 3.87. The van der Waals surface area contributed by atoms with Gasteiger partial charge < -0.3 is 5.11 Å². The second kappa shape index (κ2) is 3.89. The van der Waals surface area contributed by atoms with E-state index in [0.717, 1.165) is 6.42 Å². The van der Waals surface area contributed by atoms with Crippen molar-refractivity contribution in [1.29, 1.82) is 0 Å². The molecule has 0 aromatic heterocycles. The number of aliphatic hydroxyl groups is 1. The normalized spacial score (nSPS) is 18.0. The van der Waals surface area contributed by atoms with Gasteiger partial charge in [0, 0.05) is 0 Å². The van der Waals surface area contributed by atoms with Crippen molar-refractivity contribution >= 4 is 0 Å². The third-order valence-electron chi connectivity index (χ3n) is 1.91. The van der Waals surface area contributed by atoms with Gasteiger partial charge in [-0.3, -0.25) is 0 Å². The van der Waals surface area contributed by atoms with Crippen LogP contribution in [0.5, 0.6) is 0 Å². The van der Waals surface area contributed by atoms with E-state index in [1.54, 1.807) is 0 Å². The fraction of sp³-hybridized carbons (Fsp3) is 1.00. The molecule has 0 rings (SSSR count). The summed E-state index contributed by atoms with van der Waals surface area (Å²) >= 11 is 0. The molecule has 0 aliphatic rings. The van der Waals surface area contributed by atoms with Crippen LogP contribution in [0.4, 0.5) is 0 Å². The number of hydrogen-bond acceptors (Lipinski definition) is 1. The first kappa shape index (κ1) is 8.96. The van der Waals surface area contributed by atoms with Crippen LogP contribution in [-0.4, -0.2) is 11.2 Å². The Hall–Kier alpha value is -0.0400. The van der Waals surface area contributed by atoms with Crippen LogP contribution in [-0.2, 0) is 0 Å². The molecule has 56 valence electrons. The highest BCUT2D eigenvalue weighted by molar-refractivity contribution is 4.65. The largest absolute Gasteiger partial charge is 0.393 e. The Balaban J connectivity index is 3.58. The minimum Gasteiger partial charge on any atom is -0.393 e. The Morgan fingerprint density at radius 3 is 1.78 bits per heavy atom. The molecular formula is C8H18O. The van der Waals surface area contributed by atoms with E-state index in [2.05, 4.69) is 27.7 Å².